The van der Waals surface area contributed by atoms with E-state index in [-0.39, 0.29) is 3.92 Å². The van der Waals surface area contributed by atoms with Crippen molar-refractivity contribution in [3.8, 4) is 0 Å². The van der Waals surface area contributed by atoms with E-state index in [1.807, 2.05) is 0 Å². The molecule has 0 rings (SSSR count). The molecule has 2 nitrogen and oxygen atoms in total. The Morgan fingerprint density at radius 2 is 1.17 bits per heavy atom. The molecule has 0 bridgehead atoms. The monoisotopic (exact) mass is 662 g/mol. The second-order valence-corrected chi connectivity index (χ2v) is 13.4. The highest BCUT2D eigenvalue weighted by molar-refractivity contribution is 14.2. The van der Waals surface area contributed by atoms with Crippen molar-refractivity contribution in [2.75, 3.05) is 0 Å². The first-order chi connectivity index (χ1) is 10.9. The van der Waals surface area contributed by atoms with Gasteiger partial charge in [-0.05, 0) is 6.42 Å². The fourth-order valence-electron chi connectivity index (χ4n) is 2.66. The van der Waals surface area contributed by atoms with E-state index in [1.54, 1.807) is 0 Å². The number of unbranched alkanes of at least 4 members (excludes halogenated alkanes) is 12. The summed E-state index contributed by atoms with van der Waals surface area (Å²) < 4.78 is -0.459. The SMILES string of the molecule is CCCCCCCCCCCCCCCC(I)C(I)(I)C(=O)O. The van der Waals surface area contributed by atoms with Gasteiger partial charge in [0, 0.05) is 3.92 Å². The third-order valence-corrected chi connectivity index (χ3v) is 10.6. The summed E-state index contributed by atoms with van der Waals surface area (Å²) in [4.78, 5) is 11.2. The molecule has 0 saturated heterocycles. The van der Waals surface area contributed by atoms with Crippen molar-refractivity contribution in [1.29, 1.82) is 0 Å². The summed E-state index contributed by atoms with van der Waals surface area (Å²) >= 11 is 6.44. The van der Waals surface area contributed by atoms with Gasteiger partial charge in [0.25, 0.3) is 0 Å². The number of carbonyl (C=O) groups is 1. The number of carboxylic acids is 1. The number of carboxylic acid groups (broad SMARTS) is 1. The Hall–Kier alpha value is 1.66. The Labute approximate surface area is 184 Å². The Morgan fingerprint density at radius 3 is 1.52 bits per heavy atom. The Morgan fingerprint density at radius 1 is 0.826 bits per heavy atom. The van der Waals surface area contributed by atoms with E-state index in [0.717, 1.165) is 12.8 Å². The minimum absolute atomic E-state index is 0.200. The zero-order valence-corrected chi connectivity index (χ0v) is 20.9. The van der Waals surface area contributed by atoms with Crippen LogP contribution in [0.3, 0.4) is 0 Å². The molecule has 0 aliphatic heterocycles. The highest BCUT2D eigenvalue weighted by Crippen LogP contribution is 2.39. The molecule has 0 aromatic rings. The fraction of sp³-hybridized carbons (Fsp3) is 0.944. The number of hydrogen-bond donors (Lipinski definition) is 1. The van der Waals surface area contributed by atoms with Gasteiger partial charge in [-0.15, -0.1) is 0 Å². The highest BCUT2D eigenvalue weighted by Gasteiger charge is 2.39. The molecule has 5 heteroatoms. The molecule has 0 amide bonds. The van der Waals surface area contributed by atoms with Crippen LogP contribution < -0.4 is 0 Å². The van der Waals surface area contributed by atoms with Crippen LogP contribution in [0, 0.1) is 0 Å². The van der Waals surface area contributed by atoms with E-state index in [2.05, 4.69) is 74.7 Å². The quantitative estimate of drug-likeness (QED) is 0.104. The molecule has 0 saturated carbocycles. The molecule has 0 aromatic carbocycles. The number of halogens is 3. The Kier molecular flexibility index (Phi) is 17.0. The molecular weight excluding hydrogens is 629 g/mol. The molecule has 138 valence electrons. The van der Waals surface area contributed by atoms with Gasteiger partial charge in [-0.1, -0.05) is 158 Å². The fourth-order valence-corrected chi connectivity index (χ4v) is 3.99. The van der Waals surface area contributed by atoms with Crippen molar-refractivity contribution < 1.29 is 9.90 Å². The van der Waals surface area contributed by atoms with Crippen LogP contribution in [0.25, 0.3) is 0 Å². The second-order valence-electron chi connectivity index (χ2n) is 6.43. The van der Waals surface area contributed by atoms with Gasteiger partial charge in [0.2, 0.25) is 0 Å². The summed E-state index contributed by atoms with van der Waals surface area (Å²) in [6.07, 6.45) is 18.7. The van der Waals surface area contributed by atoms with E-state index < -0.39 is 7.40 Å². The van der Waals surface area contributed by atoms with E-state index in [1.165, 1.54) is 77.0 Å². The molecule has 0 aliphatic carbocycles. The van der Waals surface area contributed by atoms with Gasteiger partial charge < -0.3 is 5.11 Å². The van der Waals surface area contributed by atoms with Crippen LogP contribution in [-0.4, -0.2) is 16.4 Å². The predicted octanol–water partition coefficient (Wildman–Crippen LogP) is 7.92. The first-order valence-electron chi connectivity index (χ1n) is 9.18. The van der Waals surface area contributed by atoms with Gasteiger partial charge in [0.05, 0.1) is 0 Å². The normalized spacial score (nSPS) is 13.2. The summed E-state index contributed by atoms with van der Waals surface area (Å²) in [5.74, 6) is -0.701. The van der Waals surface area contributed by atoms with Gasteiger partial charge in [-0.3, -0.25) is 0 Å². The molecule has 0 spiro atoms. The zero-order chi connectivity index (χ0) is 17.6. The minimum Gasteiger partial charge on any atom is -0.480 e. The summed E-state index contributed by atoms with van der Waals surface area (Å²) in [7, 11) is 0. The van der Waals surface area contributed by atoms with Gasteiger partial charge in [-0.25, -0.2) is 4.79 Å². The van der Waals surface area contributed by atoms with Crippen LogP contribution >= 0.6 is 67.8 Å². The molecule has 1 N–H and O–H groups in total. The lowest BCUT2D eigenvalue weighted by Crippen LogP contribution is -2.33. The number of alkyl halides is 3. The molecule has 0 radical (unpaired) electrons. The van der Waals surface area contributed by atoms with Crippen LogP contribution in [0.5, 0.6) is 0 Å². The maximum Gasteiger partial charge on any atom is 0.330 e. The van der Waals surface area contributed by atoms with Crippen molar-refractivity contribution in [3.63, 3.8) is 0 Å². The molecular formula is C18H33I3O2. The standard InChI is InChI=1S/C18H33I3O2/c1-2-3-4-5-6-7-8-9-10-11-12-13-14-15-16(19)18(20,21)17(22)23/h16H,2-15H2,1H3,(H,22,23). The predicted molar refractivity (Wildman–Crippen MR) is 127 cm³/mol. The third kappa shape index (κ3) is 13.5. The second kappa shape index (κ2) is 15.9. The van der Waals surface area contributed by atoms with E-state index in [9.17, 15) is 9.90 Å². The third-order valence-electron chi connectivity index (χ3n) is 4.24. The van der Waals surface area contributed by atoms with Gasteiger partial charge in [0.15, 0.2) is 1.43 Å². The largest absolute Gasteiger partial charge is 0.480 e. The Bertz CT molecular complexity index is 296. The average molecular weight is 662 g/mol. The first kappa shape index (κ1) is 24.7. The maximum atomic E-state index is 11.2. The number of aliphatic carboxylic acids is 1. The van der Waals surface area contributed by atoms with Crippen molar-refractivity contribution in [3.05, 3.63) is 0 Å². The van der Waals surface area contributed by atoms with Gasteiger partial charge >= 0.3 is 5.97 Å². The van der Waals surface area contributed by atoms with Crippen LogP contribution in [0.4, 0.5) is 0 Å². The smallest absolute Gasteiger partial charge is 0.330 e. The highest BCUT2D eigenvalue weighted by atomic mass is 127. The van der Waals surface area contributed by atoms with E-state index in [4.69, 9.17) is 0 Å². The van der Waals surface area contributed by atoms with E-state index in [0.29, 0.717) is 0 Å². The van der Waals surface area contributed by atoms with Crippen LogP contribution in [0.1, 0.15) is 96.8 Å². The summed E-state index contributed by atoms with van der Waals surface area (Å²) in [6, 6.07) is 0. The lowest BCUT2D eigenvalue weighted by molar-refractivity contribution is -0.136. The van der Waals surface area contributed by atoms with Crippen LogP contribution in [-0.2, 0) is 4.79 Å². The van der Waals surface area contributed by atoms with Crippen LogP contribution in [0.2, 0.25) is 0 Å². The van der Waals surface area contributed by atoms with Crippen LogP contribution in [0.15, 0.2) is 0 Å². The summed E-state index contributed by atoms with van der Waals surface area (Å²) in [6.45, 7) is 2.27. The molecule has 0 fully saturated rings. The molecule has 0 heterocycles. The van der Waals surface area contributed by atoms with Crippen molar-refractivity contribution >= 4 is 73.7 Å². The number of rotatable bonds is 16. The topological polar surface area (TPSA) is 37.3 Å². The Balaban J connectivity index is 3.32. The maximum absolute atomic E-state index is 11.2. The van der Waals surface area contributed by atoms with Gasteiger partial charge in [-0.2, -0.15) is 0 Å². The number of hydrogen-bond acceptors (Lipinski definition) is 1. The van der Waals surface area contributed by atoms with Crippen molar-refractivity contribution in [2.45, 2.75) is 102 Å². The zero-order valence-electron chi connectivity index (χ0n) is 14.5. The lowest BCUT2D eigenvalue weighted by Gasteiger charge is -2.21. The van der Waals surface area contributed by atoms with Crippen molar-refractivity contribution in [2.24, 2.45) is 0 Å². The molecule has 1 unspecified atom stereocenters. The molecule has 0 aliphatic rings. The molecule has 23 heavy (non-hydrogen) atoms. The van der Waals surface area contributed by atoms with Crippen molar-refractivity contribution in [1.82, 2.24) is 0 Å². The lowest BCUT2D eigenvalue weighted by atomic mass is 10.0. The molecule has 1 atom stereocenters. The minimum atomic E-state index is -0.701. The average Bonchev–Trinajstić information content (AvgIpc) is 2.51. The summed E-state index contributed by atoms with van der Waals surface area (Å²) in [5, 5.41) is 9.20. The first-order valence-corrected chi connectivity index (χ1v) is 12.6. The molecule has 0 aromatic heterocycles. The van der Waals surface area contributed by atoms with Gasteiger partial charge in [0.1, 0.15) is 0 Å². The van der Waals surface area contributed by atoms with E-state index >= 15 is 0 Å². The summed E-state index contributed by atoms with van der Waals surface area (Å²) in [5.41, 5.74) is 0.